The van der Waals surface area contributed by atoms with E-state index in [0.29, 0.717) is 16.8 Å². The Labute approximate surface area is 91.7 Å². The fraction of sp³-hybridized carbons (Fsp3) is 0.182. The molecular formula is C11H9ClFNO. The van der Waals surface area contributed by atoms with Gasteiger partial charge in [-0.2, -0.15) is 0 Å². The normalized spacial score (nSPS) is 10.6. The number of halogens is 2. The molecule has 0 N–H and O–H groups in total. The van der Waals surface area contributed by atoms with Crippen molar-refractivity contribution in [2.45, 2.75) is 12.8 Å². The van der Waals surface area contributed by atoms with E-state index in [0.717, 1.165) is 0 Å². The van der Waals surface area contributed by atoms with Crippen molar-refractivity contribution in [1.29, 1.82) is 0 Å². The zero-order valence-corrected chi connectivity index (χ0v) is 8.88. The molecule has 0 aliphatic heterocycles. The first kappa shape index (κ1) is 10.2. The van der Waals surface area contributed by atoms with E-state index in [1.54, 1.807) is 25.1 Å². The monoisotopic (exact) mass is 225 g/mol. The smallest absolute Gasteiger partial charge is 0.229 e. The number of nitrogens with zero attached hydrogens (tertiary/aromatic N) is 1. The highest BCUT2D eigenvalue weighted by atomic mass is 35.5. The van der Waals surface area contributed by atoms with Crippen LogP contribution < -0.4 is 0 Å². The van der Waals surface area contributed by atoms with Crippen LogP contribution in [0.4, 0.5) is 4.39 Å². The summed E-state index contributed by atoms with van der Waals surface area (Å²) in [6, 6.07) is 5.09. The Morgan fingerprint density at radius 2 is 2.27 bits per heavy atom. The number of hydrogen-bond acceptors (Lipinski definition) is 2. The van der Waals surface area contributed by atoms with E-state index in [2.05, 4.69) is 4.98 Å². The SMILES string of the molecule is Cc1cccc(-c2nc(CCl)co2)c1F. The summed E-state index contributed by atoms with van der Waals surface area (Å²) in [5.74, 6) is 0.226. The maximum atomic E-state index is 13.7. The van der Waals surface area contributed by atoms with Crippen LogP contribution in [0.2, 0.25) is 0 Å². The zero-order chi connectivity index (χ0) is 10.8. The average Bonchev–Trinajstić information content (AvgIpc) is 2.70. The number of aryl methyl sites for hydroxylation is 1. The van der Waals surface area contributed by atoms with E-state index < -0.39 is 0 Å². The zero-order valence-electron chi connectivity index (χ0n) is 8.13. The topological polar surface area (TPSA) is 26.0 Å². The molecule has 0 bridgehead atoms. The second-order valence-corrected chi connectivity index (χ2v) is 3.48. The summed E-state index contributed by atoms with van der Waals surface area (Å²) in [5.41, 5.74) is 1.54. The Morgan fingerprint density at radius 3 is 2.93 bits per heavy atom. The molecule has 2 rings (SSSR count). The molecule has 15 heavy (non-hydrogen) atoms. The minimum absolute atomic E-state index is 0.261. The Balaban J connectivity index is 2.49. The van der Waals surface area contributed by atoms with E-state index >= 15 is 0 Å². The lowest BCUT2D eigenvalue weighted by molar-refractivity contribution is 0.559. The van der Waals surface area contributed by atoms with Crippen molar-refractivity contribution in [3.63, 3.8) is 0 Å². The molecule has 0 aliphatic rings. The number of hydrogen-bond donors (Lipinski definition) is 0. The van der Waals surface area contributed by atoms with Crippen LogP contribution in [0.25, 0.3) is 11.5 Å². The number of aromatic nitrogens is 1. The Kier molecular flexibility index (Phi) is 2.73. The summed E-state index contributed by atoms with van der Waals surface area (Å²) in [7, 11) is 0. The summed E-state index contributed by atoms with van der Waals surface area (Å²) in [6.07, 6.45) is 1.43. The van der Waals surface area contributed by atoms with Crippen LogP contribution in [-0.4, -0.2) is 4.98 Å². The lowest BCUT2D eigenvalue weighted by atomic mass is 10.1. The maximum absolute atomic E-state index is 13.7. The first-order chi connectivity index (χ1) is 7.22. The quantitative estimate of drug-likeness (QED) is 0.731. The first-order valence-electron chi connectivity index (χ1n) is 4.48. The molecular weight excluding hydrogens is 217 g/mol. The van der Waals surface area contributed by atoms with Crippen LogP contribution in [-0.2, 0) is 5.88 Å². The van der Waals surface area contributed by atoms with E-state index in [9.17, 15) is 4.39 Å². The molecule has 1 aromatic heterocycles. The van der Waals surface area contributed by atoms with Gasteiger partial charge in [0, 0.05) is 0 Å². The molecule has 0 amide bonds. The molecule has 1 aromatic carbocycles. The van der Waals surface area contributed by atoms with Crippen LogP contribution in [0, 0.1) is 12.7 Å². The van der Waals surface area contributed by atoms with Crippen LogP contribution in [0.15, 0.2) is 28.9 Å². The predicted molar refractivity (Wildman–Crippen MR) is 56.2 cm³/mol. The van der Waals surface area contributed by atoms with Crippen molar-refractivity contribution in [2.75, 3.05) is 0 Å². The molecule has 0 aliphatic carbocycles. The molecule has 0 atom stereocenters. The van der Waals surface area contributed by atoms with Gasteiger partial charge in [0.2, 0.25) is 5.89 Å². The van der Waals surface area contributed by atoms with E-state index in [-0.39, 0.29) is 17.6 Å². The fourth-order valence-electron chi connectivity index (χ4n) is 1.30. The van der Waals surface area contributed by atoms with Crippen molar-refractivity contribution in [2.24, 2.45) is 0 Å². The molecule has 0 unspecified atom stereocenters. The maximum Gasteiger partial charge on any atom is 0.229 e. The highest BCUT2D eigenvalue weighted by molar-refractivity contribution is 6.16. The second kappa shape index (κ2) is 4.03. The van der Waals surface area contributed by atoms with Gasteiger partial charge in [-0.3, -0.25) is 0 Å². The third kappa shape index (κ3) is 1.88. The van der Waals surface area contributed by atoms with Gasteiger partial charge in [-0.1, -0.05) is 12.1 Å². The van der Waals surface area contributed by atoms with Crippen molar-refractivity contribution in [1.82, 2.24) is 4.98 Å². The van der Waals surface area contributed by atoms with Crippen LogP contribution in [0.5, 0.6) is 0 Å². The number of benzene rings is 1. The molecule has 2 aromatic rings. The summed E-state index contributed by atoms with van der Waals surface area (Å²) in [6.45, 7) is 1.70. The minimum atomic E-state index is -0.305. The largest absolute Gasteiger partial charge is 0.444 e. The van der Waals surface area contributed by atoms with Crippen molar-refractivity contribution in [3.05, 3.63) is 41.5 Å². The molecule has 78 valence electrons. The summed E-state index contributed by atoms with van der Waals surface area (Å²) < 4.78 is 18.8. The highest BCUT2D eigenvalue weighted by Gasteiger charge is 2.12. The van der Waals surface area contributed by atoms with Gasteiger partial charge in [0.25, 0.3) is 0 Å². The van der Waals surface area contributed by atoms with Crippen molar-refractivity contribution < 1.29 is 8.81 Å². The van der Waals surface area contributed by atoms with Gasteiger partial charge in [-0.15, -0.1) is 11.6 Å². The van der Waals surface area contributed by atoms with Crippen molar-refractivity contribution >= 4 is 11.6 Å². The van der Waals surface area contributed by atoms with Crippen molar-refractivity contribution in [3.8, 4) is 11.5 Å². The highest BCUT2D eigenvalue weighted by Crippen LogP contribution is 2.24. The van der Waals surface area contributed by atoms with Gasteiger partial charge in [0.1, 0.15) is 12.1 Å². The van der Waals surface area contributed by atoms with E-state index in [1.807, 2.05) is 0 Å². The van der Waals surface area contributed by atoms with Gasteiger partial charge in [-0.05, 0) is 18.6 Å². The first-order valence-corrected chi connectivity index (χ1v) is 5.01. The fourth-order valence-corrected chi connectivity index (χ4v) is 1.43. The minimum Gasteiger partial charge on any atom is -0.444 e. The van der Waals surface area contributed by atoms with E-state index in [1.165, 1.54) is 6.26 Å². The molecule has 0 saturated heterocycles. The number of oxazole rings is 1. The van der Waals surface area contributed by atoms with Gasteiger partial charge < -0.3 is 4.42 Å². The van der Waals surface area contributed by atoms with Crippen LogP contribution in [0.1, 0.15) is 11.3 Å². The predicted octanol–water partition coefficient (Wildman–Crippen LogP) is 3.53. The third-order valence-electron chi connectivity index (χ3n) is 2.11. The molecule has 0 radical (unpaired) electrons. The van der Waals surface area contributed by atoms with Crippen LogP contribution >= 0.6 is 11.6 Å². The number of alkyl halides is 1. The van der Waals surface area contributed by atoms with Gasteiger partial charge >= 0.3 is 0 Å². The van der Waals surface area contributed by atoms with Gasteiger partial charge in [-0.25, -0.2) is 9.37 Å². The molecule has 4 heteroatoms. The second-order valence-electron chi connectivity index (χ2n) is 3.21. The van der Waals surface area contributed by atoms with Gasteiger partial charge in [0.15, 0.2) is 0 Å². The molecule has 0 fully saturated rings. The summed E-state index contributed by atoms with van der Waals surface area (Å²) >= 11 is 5.58. The summed E-state index contributed by atoms with van der Waals surface area (Å²) in [5, 5.41) is 0. The average molecular weight is 226 g/mol. The number of rotatable bonds is 2. The standard InChI is InChI=1S/C11H9ClFNO/c1-7-3-2-4-9(10(7)13)11-14-8(5-12)6-15-11/h2-4,6H,5H2,1H3. The van der Waals surface area contributed by atoms with Gasteiger partial charge in [0.05, 0.1) is 17.1 Å². The van der Waals surface area contributed by atoms with E-state index in [4.69, 9.17) is 16.0 Å². The third-order valence-corrected chi connectivity index (χ3v) is 2.38. The molecule has 0 saturated carbocycles. The Bertz CT molecular complexity index is 481. The molecule has 0 spiro atoms. The molecule has 1 heterocycles. The summed E-state index contributed by atoms with van der Waals surface area (Å²) in [4.78, 5) is 4.06. The Hall–Kier alpha value is -1.35. The Morgan fingerprint density at radius 1 is 1.47 bits per heavy atom. The van der Waals surface area contributed by atoms with Crippen LogP contribution in [0.3, 0.4) is 0 Å². The lowest BCUT2D eigenvalue weighted by Crippen LogP contribution is -1.88. The lowest BCUT2D eigenvalue weighted by Gasteiger charge is -2.00. The molecule has 2 nitrogen and oxygen atoms in total.